The Bertz CT molecular complexity index is 132. The molecule has 64 valence electrons. The normalized spacial score (nSPS) is 22.6. The van der Waals surface area contributed by atoms with E-state index in [9.17, 15) is 4.79 Å². The molecule has 4 nitrogen and oxygen atoms in total. The van der Waals surface area contributed by atoms with E-state index in [2.05, 4.69) is 10.6 Å². The number of rotatable bonds is 3. The lowest BCUT2D eigenvalue weighted by atomic mass is 9.90. The Morgan fingerprint density at radius 1 is 1.55 bits per heavy atom. The maximum absolute atomic E-state index is 10.0. The highest BCUT2D eigenvalue weighted by molar-refractivity contribution is 5.46. The van der Waals surface area contributed by atoms with Crippen LogP contribution < -0.4 is 16.4 Å². The van der Waals surface area contributed by atoms with Gasteiger partial charge in [0.1, 0.15) is 0 Å². The van der Waals surface area contributed by atoms with Crippen molar-refractivity contribution in [1.29, 1.82) is 0 Å². The summed E-state index contributed by atoms with van der Waals surface area (Å²) in [4.78, 5) is 10.0. The molecule has 11 heavy (non-hydrogen) atoms. The van der Waals surface area contributed by atoms with Crippen molar-refractivity contribution in [3.05, 3.63) is 0 Å². The first-order valence-corrected chi connectivity index (χ1v) is 3.93. The lowest BCUT2D eigenvalue weighted by molar-refractivity contribution is -0.109. The summed E-state index contributed by atoms with van der Waals surface area (Å²) < 4.78 is 0. The van der Waals surface area contributed by atoms with Crippen LogP contribution in [0.15, 0.2) is 0 Å². The minimum absolute atomic E-state index is 0.174. The highest BCUT2D eigenvalue weighted by Gasteiger charge is 2.26. The molecule has 0 aliphatic carbocycles. The Hall–Kier alpha value is -0.610. The van der Waals surface area contributed by atoms with E-state index >= 15 is 0 Å². The van der Waals surface area contributed by atoms with Crippen molar-refractivity contribution in [3.63, 3.8) is 0 Å². The van der Waals surface area contributed by atoms with Gasteiger partial charge in [0.2, 0.25) is 6.41 Å². The van der Waals surface area contributed by atoms with Gasteiger partial charge in [-0.2, -0.15) is 0 Å². The molecule has 0 aromatic heterocycles. The third-order valence-electron chi connectivity index (χ3n) is 2.14. The van der Waals surface area contributed by atoms with Crippen LogP contribution in [0.2, 0.25) is 0 Å². The number of carbonyl (C=O) groups is 1. The van der Waals surface area contributed by atoms with Crippen molar-refractivity contribution >= 4 is 6.41 Å². The Balaban J connectivity index is 2.30. The molecule has 0 aromatic carbocycles. The molecule has 1 fully saturated rings. The van der Waals surface area contributed by atoms with Gasteiger partial charge in [0.05, 0.1) is 0 Å². The first-order valence-electron chi connectivity index (χ1n) is 3.93. The number of amides is 1. The van der Waals surface area contributed by atoms with Crippen LogP contribution in [0, 0.1) is 0 Å². The van der Waals surface area contributed by atoms with E-state index in [0.29, 0.717) is 13.0 Å². The van der Waals surface area contributed by atoms with Crippen LogP contribution in [0.5, 0.6) is 0 Å². The van der Waals surface area contributed by atoms with Crippen LogP contribution in [-0.4, -0.2) is 31.6 Å². The van der Waals surface area contributed by atoms with E-state index in [4.69, 9.17) is 5.73 Å². The first kappa shape index (κ1) is 8.49. The molecule has 1 aliphatic heterocycles. The predicted molar refractivity (Wildman–Crippen MR) is 43.1 cm³/mol. The van der Waals surface area contributed by atoms with Crippen molar-refractivity contribution < 1.29 is 4.79 Å². The zero-order valence-corrected chi connectivity index (χ0v) is 6.60. The molecule has 4 N–H and O–H groups in total. The molecule has 0 spiro atoms. The lowest BCUT2D eigenvalue weighted by Gasteiger charge is -2.33. The number of piperidine rings is 1. The summed E-state index contributed by atoms with van der Waals surface area (Å²) in [5.41, 5.74) is 5.81. The number of hydrogen-bond donors (Lipinski definition) is 3. The lowest BCUT2D eigenvalue weighted by Crippen LogP contribution is -2.54. The van der Waals surface area contributed by atoms with Gasteiger partial charge < -0.3 is 16.4 Å². The molecule has 0 aromatic rings. The summed E-state index contributed by atoms with van der Waals surface area (Å²) >= 11 is 0. The van der Waals surface area contributed by atoms with Gasteiger partial charge in [-0.25, -0.2) is 0 Å². The van der Waals surface area contributed by atoms with Gasteiger partial charge in [-0.15, -0.1) is 0 Å². The van der Waals surface area contributed by atoms with E-state index in [-0.39, 0.29) is 5.54 Å². The average Bonchev–Trinajstić information content (AvgIpc) is 2.03. The van der Waals surface area contributed by atoms with Crippen LogP contribution >= 0.6 is 0 Å². The standard InChI is InChI=1S/C7H15N3O/c8-7(5-10-6-11)1-3-9-4-2-7/h6,9H,1-5,8H2,(H,10,11). The molecule has 1 aliphatic rings. The second-order valence-corrected chi connectivity index (χ2v) is 3.11. The molecule has 1 saturated heterocycles. The van der Waals surface area contributed by atoms with Crippen molar-refractivity contribution in [2.24, 2.45) is 5.73 Å². The van der Waals surface area contributed by atoms with Gasteiger partial charge in [-0.05, 0) is 25.9 Å². The van der Waals surface area contributed by atoms with E-state index in [1.165, 1.54) is 0 Å². The van der Waals surface area contributed by atoms with Crippen LogP contribution in [0.3, 0.4) is 0 Å². The van der Waals surface area contributed by atoms with Crippen molar-refractivity contribution in [1.82, 2.24) is 10.6 Å². The maximum atomic E-state index is 10.0. The summed E-state index contributed by atoms with van der Waals surface area (Å²) in [6.45, 7) is 2.51. The summed E-state index contributed by atoms with van der Waals surface area (Å²) in [5.74, 6) is 0. The van der Waals surface area contributed by atoms with Crippen LogP contribution in [0.4, 0.5) is 0 Å². The van der Waals surface area contributed by atoms with Gasteiger partial charge in [-0.3, -0.25) is 4.79 Å². The Kier molecular flexibility index (Phi) is 2.84. The SMILES string of the molecule is NC1(CNC=O)CCNCC1. The molecule has 4 heteroatoms. The first-order chi connectivity index (χ1) is 5.27. The van der Waals surface area contributed by atoms with Crippen molar-refractivity contribution in [2.75, 3.05) is 19.6 Å². The Morgan fingerprint density at radius 3 is 2.73 bits per heavy atom. The Labute approximate surface area is 66.5 Å². The van der Waals surface area contributed by atoms with E-state index < -0.39 is 0 Å². The number of hydrogen-bond acceptors (Lipinski definition) is 3. The number of carbonyl (C=O) groups excluding carboxylic acids is 1. The molecule has 1 amide bonds. The monoisotopic (exact) mass is 157 g/mol. The van der Waals surface area contributed by atoms with Crippen LogP contribution in [0.1, 0.15) is 12.8 Å². The van der Waals surface area contributed by atoms with Crippen LogP contribution in [0.25, 0.3) is 0 Å². The average molecular weight is 157 g/mol. The van der Waals surface area contributed by atoms with E-state index in [1.54, 1.807) is 0 Å². The molecule has 0 unspecified atom stereocenters. The third-order valence-corrected chi connectivity index (χ3v) is 2.14. The fraction of sp³-hybridized carbons (Fsp3) is 0.857. The number of nitrogens with one attached hydrogen (secondary N) is 2. The highest BCUT2D eigenvalue weighted by Crippen LogP contribution is 2.12. The fourth-order valence-corrected chi connectivity index (χ4v) is 1.35. The largest absolute Gasteiger partial charge is 0.357 e. The topological polar surface area (TPSA) is 67.1 Å². The smallest absolute Gasteiger partial charge is 0.207 e. The summed E-state index contributed by atoms with van der Waals surface area (Å²) in [6, 6.07) is 0. The van der Waals surface area contributed by atoms with Crippen LogP contribution in [-0.2, 0) is 4.79 Å². The second-order valence-electron chi connectivity index (χ2n) is 3.11. The molecule has 0 atom stereocenters. The van der Waals surface area contributed by atoms with Crippen molar-refractivity contribution in [2.45, 2.75) is 18.4 Å². The quantitative estimate of drug-likeness (QED) is 0.451. The summed E-state index contributed by atoms with van der Waals surface area (Å²) in [5, 5.41) is 5.85. The van der Waals surface area contributed by atoms with Gasteiger partial charge in [0.15, 0.2) is 0 Å². The molecule has 0 bridgehead atoms. The van der Waals surface area contributed by atoms with Gasteiger partial charge in [-0.1, -0.05) is 0 Å². The van der Waals surface area contributed by atoms with Gasteiger partial charge >= 0.3 is 0 Å². The Morgan fingerprint density at radius 2 is 2.18 bits per heavy atom. The van der Waals surface area contributed by atoms with Gasteiger partial charge in [0.25, 0.3) is 0 Å². The highest BCUT2D eigenvalue weighted by atomic mass is 16.1. The molecule has 0 saturated carbocycles. The zero-order valence-electron chi connectivity index (χ0n) is 6.60. The van der Waals surface area contributed by atoms with E-state index in [0.717, 1.165) is 25.9 Å². The zero-order chi connectivity index (χ0) is 8.16. The summed E-state index contributed by atoms with van der Waals surface area (Å²) in [6.07, 6.45) is 2.58. The minimum atomic E-state index is -0.174. The molecule has 1 rings (SSSR count). The maximum Gasteiger partial charge on any atom is 0.207 e. The van der Waals surface area contributed by atoms with E-state index in [1.807, 2.05) is 0 Å². The molecule has 0 radical (unpaired) electrons. The minimum Gasteiger partial charge on any atom is -0.357 e. The molecular formula is C7H15N3O. The number of nitrogens with two attached hydrogens (primary N) is 1. The molecular weight excluding hydrogens is 142 g/mol. The summed E-state index contributed by atoms with van der Waals surface area (Å²) in [7, 11) is 0. The fourth-order valence-electron chi connectivity index (χ4n) is 1.35. The third kappa shape index (κ3) is 2.48. The van der Waals surface area contributed by atoms with Gasteiger partial charge in [0, 0.05) is 12.1 Å². The second kappa shape index (κ2) is 3.69. The predicted octanol–water partition coefficient (Wildman–Crippen LogP) is -1.19. The van der Waals surface area contributed by atoms with Crippen molar-refractivity contribution in [3.8, 4) is 0 Å². The molecule has 1 heterocycles.